The van der Waals surface area contributed by atoms with E-state index in [2.05, 4.69) is 10.1 Å². The van der Waals surface area contributed by atoms with E-state index >= 15 is 0 Å². The predicted octanol–water partition coefficient (Wildman–Crippen LogP) is 4.37. The number of amides is 1. The Labute approximate surface area is 163 Å². The van der Waals surface area contributed by atoms with Gasteiger partial charge in [0.1, 0.15) is 5.82 Å². The van der Waals surface area contributed by atoms with E-state index in [9.17, 15) is 9.18 Å². The Morgan fingerprint density at radius 1 is 1.14 bits per heavy atom. The fourth-order valence-electron chi connectivity index (χ4n) is 2.74. The third kappa shape index (κ3) is 5.13. The van der Waals surface area contributed by atoms with Crippen molar-refractivity contribution in [1.82, 2.24) is 15.0 Å². The maximum Gasteiger partial charge on any atom is 0.246 e. The number of aromatic nitrogens is 2. The topological polar surface area (TPSA) is 59.2 Å². The molecule has 0 fully saturated rings. The molecule has 2 aromatic carbocycles. The SMILES string of the molecule is CC(C)N(CCc1nc(-c2ccc(F)cc2)no1)C(=O)/C=C/c1ccccc1. The highest BCUT2D eigenvalue weighted by atomic mass is 19.1. The molecule has 0 spiro atoms. The Balaban J connectivity index is 1.63. The number of hydrogen-bond donors (Lipinski definition) is 0. The summed E-state index contributed by atoms with van der Waals surface area (Å²) in [6, 6.07) is 15.6. The van der Waals surface area contributed by atoms with Crippen LogP contribution in [0.25, 0.3) is 17.5 Å². The Kier molecular flexibility index (Phi) is 6.32. The first-order chi connectivity index (χ1) is 13.5. The third-order valence-electron chi connectivity index (χ3n) is 4.26. The molecule has 0 unspecified atom stereocenters. The highest BCUT2D eigenvalue weighted by Crippen LogP contribution is 2.16. The summed E-state index contributed by atoms with van der Waals surface area (Å²) in [6.07, 6.45) is 3.82. The highest BCUT2D eigenvalue weighted by molar-refractivity contribution is 5.92. The van der Waals surface area contributed by atoms with Gasteiger partial charge in [-0.3, -0.25) is 4.79 Å². The number of rotatable bonds is 7. The number of nitrogens with zero attached hydrogens (tertiary/aromatic N) is 3. The monoisotopic (exact) mass is 379 g/mol. The molecule has 6 heteroatoms. The van der Waals surface area contributed by atoms with Crippen molar-refractivity contribution >= 4 is 12.0 Å². The standard InChI is InChI=1S/C22H22FN3O2/c1-16(2)26(21(27)13-8-17-6-4-3-5-7-17)15-14-20-24-22(25-28-20)18-9-11-19(23)12-10-18/h3-13,16H,14-15H2,1-2H3/b13-8+. The van der Waals surface area contributed by atoms with Crippen molar-refractivity contribution in [3.05, 3.63) is 77.9 Å². The first-order valence-corrected chi connectivity index (χ1v) is 9.15. The molecular weight excluding hydrogens is 357 g/mol. The van der Waals surface area contributed by atoms with Crippen LogP contribution in [0, 0.1) is 5.82 Å². The second kappa shape index (κ2) is 9.08. The van der Waals surface area contributed by atoms with Gasteiger partial charge in [-0.15, -0.1) is 0 Å². The summed E-state index contributed by atoms with van der Waals surface area (Å²) in [5, 5.41) is 3.93. The number of halogens is 1. The van der Waals surface area contributed by atoms with Gasteiger partial charge >= 0.3 is 0 Å². The number of carbonyl (C=O) groups is 1. The minimum atomic E-state index is -0.317. The van der Waals surface area contributed by atoms with E-state index in [-0.39, 0.29) is 17.8 Å². The van der Waals surface area contributed by atoms with Crippen LogP contribution in [0.2, 0.25) is 0 Å². The molecule has 3 aromatic rings. The van der Waals surface area contributed by atoms with Crippen molar-refractivity contribution in [2.24, 2.45) is 0 Å². The first-order valence-electron chi connectivity index (χ1n) is 9.15. The Morgan fingerprint density at radius 3 is 2.54 bits per heavy atom. The predicted molar refractivity (Wildman–Crippen MR) is 106 cm³/mol. The van der Waals surface area contributed by atoms with Gasteiger partial charge in [-0.1, -0.05) is 35.5 Å². The summed E-state index contributed by atoms with van der Waals surface area (Å²) >= 11 is 0. The molecule has 0 bridgehead atoms. The molecule has 1 aromatic heterocycles. The molecule has 0 aliphatic heterocycles. The van der Waals surface area contributed by atoms with E-state index in [1.165, 1.54) is 12.1 Å². The fraction of sp³-hybridized carbons (Fsp3) is 0.227. The minimum absolute atomic E-state index is 0.0346. The average molecular weight is 379 g/mol. The molecule has 0 aliphatic rings. The van der Waals surface area contributed by atoms with Crippen LogP contribution < -0.4 is 0 Å². The van der Waals surface area contributed by atoms with Crippen molar-refractivity contribution in [2.45, 2.75) is 26.3 Å². The van der Waals surface area contributed by atoms with Crippen LogP contribution in [0.15, 0.2) is 65.2 Å². The van der Waals surface area contributed by atoms with E-state index in [0.29, 0.717) is 30.2 Å². The van der Waals surface area contributed by atoms with E-state index in [1.54, 1.807) is 29.2 Å². The lowest BCUT2D eigenvalue weighted by Crippen LogP contribution is -2.37. The highest BCUT2D eigenvalue weighted by Gasteiger charge is 2.16. The fourth-order valence-corrected chi connectivity index (χ4v) is 2.74. The maximum atomic E-state index is 13.0. The number of benzene rings is 2. The Bertz CT molecular complexity index is 934. The Morgan fingerprint density at radius 2 is 1.86 bits per heavy atom. The summed E-state index contributed by atoms with van der Waals surface area (Å²) in [7, 11) is 0. The molecule has 0 saturated heterocycles. The molecular formula is C22H22FN3O2. The van der Waals surface area contributed by atoms with Crippen LogP contribution in [0.1, 0.15) is 25.3 Å². The smallest absolute Gasteiger partial charge is 0.246 e. The summed E-state index contributed by atoms with van der Waals surface area (Å²) in [6.45, 7) is 4.39. The molecule has 1 amide bonds. The zero-order valence-electron chi connectivity index (χ0n) is 15.9. The van der Waals surface area contributed by atoms with Crippen LogP contribution in [0.3, 0.4) is 0 Å². The van der Waals surface area contributed by atoms with Gasteiger partial charge in [0.05, 0.1) is 0 Å². The van der Waals surface area contributed by atoms with Gasteiger partial charge in [-0.05, 0) is 49.8 Å². The zero-order chi connectivity index (χ0) is 19.9. The van der Waals surface area contributed by atoms with Gasteiger partial charge in [0, 0.05) is 30.6 Å². The molecule has 0 aliphatic carbocycles. The molecule has 3 rings (SSSR count). The molecule has 0 atom stereocenters. The third-order valence-corrected chi connectivity index (χ3v) is 4.26. The van der Waals surface area contributed by atoms with E-state index in [1.807, 2.05) is 44.2 Å². The van der Waals surface area contributed by atoms with Crippen LogP contribution in [-0.4, -0.2) is 33.5 Å². The lowest BCUT2D eigenvalue weighted by atomic mass is 10.2. The van der Waals surface area contributed by atoms with Gasteiger partial charge < -0.3 is 9.42 Å². The molecule has 1 heterocycles. The van der Waals surface area contributed by atoms with E-state index in [4.69, 9.17) is 4.52 Å². The largest absolute Gasteiger partial charge is 0.339 e. The van der Waals surface area contributed by atoms with Gasteiger partial charge in [-0.25, -0.2) is 4.39 Å². The van der Waals surface area contributed by atoms with E-state index in [0.717, 1.165) is 5.56 Å². The second-order valence-electron chi connectivity index (χ2n) is 6.64. The molecule has 0 saturated carbocycles. The average Bonchev–Trinajstić information content (AvgIpc) is 3.16. The van der Waals surface area contributed by atoms with Crippen molar-refractivity contribution in [2.75, 3.05) is 6.54 Å². The van der Waals surface area contributed by atoms with Gasteiger partial charge in [0.2, 0.25) is 17.6 Å². The maximum absolute atomic E-state index is 13.0. The summed E-state index contributed by atoms with van der Waals surface area (Å²) in [4.78, 5) is 18.7. The lowest BCUT2D eigenvalue weighted by molar-refractivity contribution is -0.127. The van der Waals surface area contributed by atoms with Gasteiger partial charge in [0.15, 0.2) is 0 Å². The number of carbonyl (C=O) groups excluding carboxylic acids is 1. The van der Waals surface area contributed by atoms with Crippen LogP contribution >= 0.6 is 0 Å². The summed E-state index contributed by atoms with van der Waals surface area (Å²) in [5.74, 6) is 0.449. The van der Waals surface area contributed by atoms with Crippen LogP contribution in [-0.2, 0) is 11.2 Å². The quantitative estimate of drug-likeness (QED) is 0.572. The van der Waals surface area contributed by atoms with Crippen molar-refractivity contribution in [3.63, 3.8) is 0 Å². The van der Waals surface area contributed by atoms with Crippen molar-refractivity contribution < 1.29 is 13.7 Å². The van der Waals surface area contributed by atoms with Gasteiger partial charge in [-0.2, -0.15) is 4.98 Å². The summed E-state index contributed by atoms with van der Waals surface area (Å²) < 4.78 is 18.3. The molecule has 28 heavy (non-hydrogen) atoms. The summed E-state index contributed by atoms with van der Waals surface area (Å²) in [5.41, 5.74) is 1.65. The van der Waals surface area contributed by atoms with Crippen molar-refractivity contribution in [3.8, 4) is 11.4 Å². The zero-order valence-corrected chi connectivity index (χ0v) is 15.9. The van der Waals surface area contributed by atoms with Crippen LogP contribution in [0.5, 0.6) is 0 Å². The molecule has 144 valence electrons. The van der Waals surface area contributed by atoms with Crippen LogP contribution in [0.4, 0.5) is 4.39 Å². The molecule has 0 radical (unpaired) electrons. The first kappa shape index (κ1) is 19.5. The molecule has 5 nitrogen and oxygen atoms in total. The van der Waals surface area contributed by atoms with Gasteiger partial charge in [0.25, 0.3) is 0 Å². The second-order valence-corrected chi connectivity index (χ2v) is 6.64. The number of hydrogen-bond acceptors (Lipinski definition) is 4. The minimum Gasteiger partial charge on any atom is -0.339 e. The molecule has 0 N–H and O–H groups in total. The Hall–Kier alpha value is -3.28. The van der Waals surface area contributed by atoms with E-state index < -0.39 is 0 Å². The normalized spacial score (nSPS) is 11.3. The van der Waals surface area contributed by atoms with Crippen molar-refractivity contribution in [1.29, 1.82) is 0 Å². The lowest BCUT2D eigenvalue weighted by Gasteiger charge is -2.24.